The van der Waals surface area contributed by atoms with Crippen molar-refractivity contribution in [2.24, 2.45) is 5.73 Å². The summed E-state index contributed by atoms with van der Waals surface area (Å²) >= 11 is 0. The van der Waals surface area contributed by atoms with Crippen LogP contribution >= 0.6 is 0 Å². The van der Waals surface area contributed by atoms with Crippen LogP contribution in [0.3, 0.4) is 0 Å². The average molecular weight is 409 g/mol. The highest BCUT2D eigenvalue weighted by Gasteiger charge is 2.34. The topological polar surface area (TPSA) is 104 Å². The first-order valence-electron chi connectivity index (χ1n) is 9.15. The highest BCUT2D eigenvalue weighted by atomic mass is 19.1. The van der Waals surface area contributed by atoms with E-state index < -0.39 is 17.8 Å². The molecule has 9 heteroatoms. The van der Waals surface area contributed by atoms with E-state index in [1.54, 1.807) is 57.5 Å². The number of nitrogens with one attached hydrogen (secondary N) is 1. The van der Waals surface area contributed by atoms with E-state index in [0.29, 0.717) is 34.5 Å². The van der Waals surface area contributed by atoms with Gasteiger partial charge in [-0.15, -0.1) is 5.10 Å². The van der Waals surface area contributed by atoms with Crippen molar-refractivity contribution in [3.05, 3.63) is 65.1 Å². The zero-order valence-electron chi connectivity index (χ0n) is 16.6. The first kappa shape index (κ1) is 19.4. The molecule has 1 amide bonds. The number of nitrogens with zero attached hydrogens (tertiary/aromatic N) is 3. The van der Waals surface area contributed by atoms with E-state index in [0.717, 1.165) is 0 Å². The number of amides is 1. The van der Waals surface area contributed by atoms with E-state index in [1.807, 2.05) is 0 Å². The lowest BCUT2D eigenvalue weighted by Crippen LogP contribution is -2.32. The van der Waals surface area contributed by atoms with Gasteiger partial charge in [-0.2, -0.15) is 4.98 Å². The summed E-state index contributed by atoms with van der Waals surface area (Å²) in [5, 5.41) is 7.60. The predicted octanol–water partition coefficient (Wildman–Crippen LogP) is 2.88. The molecule has 1 atom stereocenters. The number of anilines is 1. The second-order valence-corrected chi connectivity index (χ2v) is 6.76. The van der Waals surface area contributed by atoms with E-state index in [-0.39, 0.29) is 11.1 Å². The Kier molecular flexibility index (Phi) is 4.86. The van der Waals surface area contributed by atoms with Crippen LogP contribution in [0.5, 0.6) is 11.5 Å². The van der Waals surface area contributed by atoms with Gasteiger partial charge in [0.15, 0.2) is 5.82 Å². The molecular weight excluding hydrogens is 389 g/mol. The fourth-order valence-electron chi connectivity index (χ4n) is 3.51. The maximum atomic E-state index is 14.7. The lowest BCUT2D eigenvalue weighted by atomic mass is 9.95. The number of carbonyl (C=O) groups is 1. The van der Waals surface area contributed by atoms with E-state index in [9.17, 15) is 9.18 Å². The van der Waals surface area contributed by atoms with Gasteiger partial charge < -0.3 is 20.5 Å². The molecule has 30 heavy (non-hydrogen) atoms. The number of methoxy groups -OCH3 is 2. The molecule has 0 radical (unpaired) electrons. The van der Waals surface area contributed by atoms with Gasteiger partial charge in [-0.25, -0.2) is 9.07 Å². The Morgan fingerprint density at radius 3 is 2.43 bits per heavy atom. The number of halogens is 1. The van der Waals surface area contributed by atoms with Crippen LogP contribution in [-0.4, -0.2) is 34.9 Å². The molecule has 4 rings (SSSR count). The quantitative estimate of drug-likeness (QED) is 0.672. The van der Waals surface area contributed by atoms with Gasteiger partial charge in [0.25, 0.3) is 0 Å². The van der Waals surface area contributed by atoms with Crippen LogP contribution in [0.4, 0.5) is 10.3 Å². The molecule has 2 heterocycles. The Bertz CT molecular complexity index is 1150. The number of aromatic nitrogens is 3. The van der Waals surface area contributed by atoms with Crippen molar-refractivity contribution >= 4 is 11.9 Å². The molecule has 0 unspecified atom stereocenters. The molecule has 0 fully saturated rings. The number of rotatable bonds is 5. The Labute approximate surface area is 172 Å². The van der Waals surface area contributed by atoms with Crippen LogP contribution in [0.25, 0.3) is 11.4 Å². The summed E-state index contributed by atoms with van der Waals surface area (Å²) in [6.07, 6.45) is 0. The first-order chi connectivity index (χ1) is 14.4. The zero-order chi connectivity index (χ0) is 21.4. The smallest absolute Gasteiger partial charge is 0.248 e. The maximum absolute atomic E-state index is 14.7. The maximum Gasteiger partial charge on any atom is 0.248 e. The van der Waals surface area contributed by atoms with Gasteiger partial charge in [0.1, 0.15) is 23.4 Å². The van der Waals surface area contributed by atoms with Gasteiger partial charge in [0.2, 0.25) is 11.9 Å². The molecule has 154 valence electrons. The summed E-state index contributed by atoms with van der Waals surface area (Å²) in [6, 6.07) is 10.6. The summed E-state index contributed by atoms with van der Waals surface area (Å²) in [5.41, 5.74) is 7.25. The minimum Gasteiger partial charge on any atom is -0.497 e. The van der Waals surface area contributed by atoms with Crippen LogP contribution in [0.15, 0.2) is 53.7 Å². The molecular formula is C21H20FN5O3. The molecule has 0 spiro atoms. The predicted molar refractivity (Wildman–Crippen MR) is 109 cm³/mol. The number of hydrogen-bond donors (Lipinski definition) is 2. The highest BCUT2D eigenvalue weighted by molar-refractivity contribution is 5.95. The number of nitrogens with two attached hydrogens (primary N) is 1. The number of fused-ring (bicyclic) bond motifs is 1. The molecule has 3 aromatic rings. The number of ether oxygens (including phenoxy) is 2. The van der Waals surface area contributed by atoms with Crippen molar-refractivity contribution in [3.8, 4) is 22.9 Å². The van der Waals surface area contributed by atoms with E-state index >= 15 is 0 Å². The average Bonchev–Trinajstić information content (AvgIpc) is 3.16. The summed E-state index contributed by atoms with van der Waals surface area (Å²) in [6.45, 7) is 1.69. The summed E-state index contributed by atoms with van der Waals surface area (Å²) in [5.74, 6) is 0.726. The van der Waals surface area contributed by atoms with Gasteiger partial charge in [-0.3, -0.25) is 4.79 Å². The third-order valence-electron chi connectivity index (χ3n) is 4.93. The Balaban J connectivity index is 1.90. The van der Waals surface area contributed by atoms with Gasteiger partial charge in [0.05, 0.1) is 19.8 Å². The Morgan fingerprint density at radius 1 is 1.17 bits per heavy atom. The van der Waals surface area contributed by atoms with Crippen LogP contribution in [0.2, 0.25) is 0 Å². The summed E-state index contributed by atoms with van der Waals surface area (Å²) in [4.78, 5) is 16.8. The van der Waals surface area contributed by atoms with Crippen LogP contribution in [-0.2, 0) is 4.79 Å². The van der Waals surface area contributed by atoms with Crippen LogP contribution in [0.1, 0.15) is 18.5 Å². The summed E-state index contributed by atoms with van der Waals surface area (Å²) < 4.78 is 26.8. The largest absolute Gasteiger partial charge is 0.497 e. The number of hydrogen-bond acceptors (Lipinski definition) is 6. The van der Waals surface area contributed by atoms with Gasteiger partial charge in [-0.1, -0.05) is 18.2 Å². The molecule has 0 bridgehead atoms. The third kappa shape index (κ3) is 3.24. The lowest BCUT2D eigenvalue weighted by molar-refractivity contribution is -0.115. The monoisotopic (exact) mass is 409 g/mol. The minimum atomic E-state index is -0.853. The fourth-order valence-corrected chi connectivity index (χ4v) is 3.51. The molecule has 1 aliphatic heterocycles. The van der Waals surface area contributed by atoms with E-state index in [2.05, 4.69) is 15.4 Å². The van der Waals surface area contributed by atoms with Crippen molar-refractivity contribution in [1.82, 2.24) is 14.8 Å². The van der Waals surface area contributed by atoms with Crippen LogP contribution < -0.4 is 20.5 Å². The zero-order valence-corrected chi connectivity index (χ0v) is 16.6. The first-order valence-corrected chi connectivity index (χ1v) is 9.15. The Hall–Kier alpha value is -3.88. The molecule has 2 aromatic carbocycles. The van der Waals surface area contributed by atoms with Crippen molar-refractivity contribution in [3.63, 3.8) is 0 Å². The van der Waals surface area contributed by atoms with Crippen molar-refractivity contribution < 1.29 is 18.7 Å². The highest BCUT2D eigenvalue weighted by Crippen LogP contribution is 2.37. The minimum absolute atomic E-state index is 0.215. The van der Waals surface area contributed by atoms with E-state index in [4.69, 9.17) is 15.2 Å². The molecule has 0 saturated carbocycles. The number of benzene rings is 2. The Morgan fingerprint density at radius 2 is 1.83 bits per heavy atom. The number of primary amides is 1. The van der Waals surface area contributed by atoms with Gasteiger partial charge in [0, 0.05) is 22.9 Å². The van der Waals surface area contributed by atoms with Crippen molar-refractivity contribution in [2.75, 3.05) is 19.5 Å². The second kappa shape index (κ2) is 7.51. The SMILES string of the molecule is COc1cc(OC)cc(-c2nc3n(n2)[C@@H](c2ccccc2F)C(C(N)=O)=C(C)N3)c1. The van der Waals surface area contributed by atoms with Gasteiger partial charge in [-0.05, 0) is 25.1 Å². The standard InChI is InChI=1S/C21H20FN5O3/c1-11-17(19(23)28)18(15-6-4-5-7-16(15)22)27-21(24-11)25-20(26-27)12-8-13(29-2)10-14(9-12)30-3/h4-10,18H,1-3H3,(H2,23,28)(H,24,25,26)/t18-/m0/s1. The molecule has 0 aliphatic carbocycles. The van der Waals surface area contributed by atoms with Crippen LogP contribution in [0, 0.1) is 5.82 Å². The van der Waals surface area contributed by atoms with Crippen molar-refractivity contribution in [2.45, 2.75) is 13.0 Å². The van der Waals surface area contributed by atoms with Gasteiger partial charge >= 0.3 is 0 Å². The number of carbonyl (C=O) groups excluding carboxylic acids is 1. The molecule has 1 aliphatic rings. The second-order valence-electron chi connectivity index (χ2n) is 6.76. The molecule has 0 saturated heterocycles. The molecule has 8 nitrogen and oxygen atoms in total. The van der Waals surface area contributed by atoms with E-state index in [1.165, 1.54) is 10.7 Å². The fraction of sp³-hybridized carbons (Fsp3) is 0.190. The summed E-state index contributed by atoms with van der Waals surface area (Å²) in [7, 11) is 3.10. The molecule has 3 N–H and O–H groups in total. The molecule has 1 aromatic heterocycles. The third-order valence-corrected chi connectivity index (χ3v) is 4.93. The normalized spacial score (nSPS) is 15.4. The lowest BCUT2D eigenvalue weighted by Gasteiger charge is -2.27. The van der Waals surface area contributed by atoms with Crippen molar-refractivity contribution in [1.29, 1.82) is 0 Å². The number of allylic oxidation sites excluding steroid dienone is 1.